The number of aliphatic hydroxyl groups is 2. The van der Waals surface area contributed by atoms with Crippen molar-refractivity contribution in [2.45, 2.75) is 221 Å². The second-order valence-corrected chi connectivity index (χ2v) is 23.5. The molecule has 0 bridgehead atoms. The molecule has 7 unspecified atom stereocenters. The Morgan fingerprint density at radius 3 is 1.86 bits per heavy atom. The number of quaternary nitrogens is 1. The summed E-state index contributed by atoms with van der Waals surface area (Å²) >= 11 is 0. The molecule has 1 aliphatic carbocycles. The summed E-state index contributed by atoms with van der Waals surface area (Å²) in [6.07, 6.45) is -5.52. The maximum Gasteiger partial charge on any atom is 0.328 e. The number of primary amides is 1. The summed E-state index contributed by atoms with van der Waals surface area (Å²) in [6.45, 7) is 3.54. The van der Waals surface area contributed by atoms with Crippen LogP contribution in [0.25, 0.3) is 0 Å². The first kappa shape index (κ1) is 75.7. The topological polar surface area (TPSA) is 559 Å². The highest BCUT2D eigenvalue weighted by molar-refractivity contribution is 5.99. The van der Waals surface area contributed by atoms with Crippen LogP contribution in [0.15, 0.2) is 0 Å². The first-order chi connectivity index (χ1) is 43.1. The van der Waals surface area contributed by atoms with Crippen molar-refractivity contribution in [3.05, 3.63) is 0 Å². The quantitative estimate of drug-likeness (QED) is 0.00978. The largest absolute Gasteiger partial charge is 0.481 e. The third-order valence-electron chi connectivity index (χ3n) is 16.5. The number of fused-ring (bicyclic) bond motifs is 3. The van der Waals surface area contributed by atoms with Crippen LogP contribution in [-0.2, 0) is 71.9 Å². The van der Waals surface area contributed by atoms with Crippen LogP contribution in [0.1, 0.15) is 130 Å². The Labute approximate surface area is 524 Å². The van der Waals surface area contributed by atoms with E-state index in [0.29, 0.717) is 22.8 Å². The first-order valence-corrected chi connectivity index (χ1v) is 30.7. The standard InChI is InChI=1S/C55H92N16O20/c1-28-47(80)60-29(2)48(81)63-33(12-8-20-69(89)26-72)50(83)66-35(11-5-7-18-57)55(88)91-30(3)45(54(87)61-28)68-51(84)32(10-4-6-17-56)64-49(82)34(13-9-21-70(90)27-73)65-52(85)37(24-44(78)79)67-53(86)38-16-19-59-46-36(62-43(77)15-14-42(58)76)22-31-23-40(74)41(75)25-39(31)71(38)46/h26-41,45-46,59,74-75,89-90H,4-25,56-57H2,1-3H3,(H2,58,76)(H,60,80)(H,61,87)(H,62,77)(H,63,81)(H,64,82)(H,65,85)(H,66,83)(H,67,86)(H,68,84)(H,78,79)/p+1/t28-,29+,30+,31?,32+,33-,34-,35+,36?,37+,38+,39?,40?,41?,45+,46?/m0/s1. The molecule has 22 N–H and O–H groups in total. The van der Waals surface area contributed by atoms with Gasteiger partial charge >= 0.3 is 11.9 Å². The van der Waals surface area contributed by atoms with E-state index in [1.807, 2.05) is 0 Å². The van der Waals surface area contributed by atoms with Gasteiger partial charge in [0.05, 0.1) is 30.7 Å². The highest BCUT2D eigenvalue weighted by Crippen LogP contribution is 2.32. The Hall–Kier alpha value is -7.74. The van der Waals surface area contributed by atoms with Crippen LogP contribution < -0.4 is 75.3 Å². The van der Waals surface area contributed by atoms with E-state index >= 15 is 0 Å². The third kappa shape index (κ3) is 23.8. The molecule has 3 heterocycles. The van der Waals surface area contributed by atoms with Gasteiger partial charge in [-0.3, -0.25) is 78.1 Å². The average molecular weight is 1300 g/mol. The molecule has 17 atom stereocenters. The maximum atomic E-state index is 14.6. The highest BCUT2D eigenvalue weighted by atomic mass is 16.5. The molecular weight excluding hydrogens is 1200 g/mol. The number of rotatable bonds is 32. The van der Waals surface area contributed by atoms with Crippen molar-refractivity contribution in [3.8, 4) is 0 Å². The molecule has 4 rings (SSSR count). The van der Waals surface area contributed by atoms with Crippen LogP contribution in [-0.4, -0.2) is 243 Å². The fourth-order valence-electron chi connectivity index (χ4n) is 11.6. The SMILES string of the molecule is C[C@@H]1NC(=O)[C@H](NC(=O)[C@@H](CCCCN)NC(=O)[C@H](CCCN(O)C=O)NC(=O)[C@@H](CC(=O)O)NC(=O)[C@H]2CCNC3C(NC(=O)CCC(N)=O)CC4CC(O)C(O)CC4[NH+]32)[C@@H](C)OC(=O)[C@@H](CCCCN)NC(=O)[C@H](CCCN(O)C=O)NC(=O)[C@@H](C)NC1=O. The summed E-state index contributed by atoms with van der Waals surface area (Å²) in [5.74, 6) is -12.4. The van der Waals surface area contributed by atoms with Crippen LogP contribution in [0, 0.1) is 5.92 Å². The Balaban J connectivity index is 1.67. The van der Waals surface area contributed by atoms with Gasteiger partial charge in [0.1, 0.15) is 54.4 Å². The zero-order chi connectivity index (χ0) is 67.6. The molecule has 3 aliphatic heterocycles. The van der Waals surface area contributed by atoms with Gasteiger partial charge in [0.2, 0.25) is 66.0 Å². The van der Waals surface area contributed by atoms with Crippen LogP contribution in [0.4, 0.5) is 0 Å². The van der Waals surface area contributed by atoms with Crippen LogP contribution in [0.3, 0.4) is 0 Å². The number of carbonyl (C=O) groups is 14. The van der Waals surface area contributed by atoms with Gasteiger partial charge in [-0.2, -0.15) is 0 Å². The van der Waals surface area contributed by atoms with E-state index in [1.54, 1.807) is 0 Å². The number of hydroxylamine groups is 4. The Kier molecular flexibility index (Phi) is 31.3. The minimum Gasteiger partial charge on any atom is -0.481 e. The van der Waals surface area contributed by atoms with Crippen molar-refractivity contribution in [2.75, 3.05) is 32.7 Å². The summed E-state index contributed by atoms with van der Waals surface area (Å²) in [6, 6.07) is -15.0. The number of aliphatic carboxylic acids is 1. The van der Waals surface area contributed by atoms with Gasteiger partial charge in [-0.05, 0) is 111 Å². The van der Waals surface area contributed by atoms with E-state index in [4.69, 9.17) is 21.9 Å². The number of carboxylic acid groups (broad SMARTS) is 1. The van der Waals surface area contributed by atoms with Gasteiger partial charge < -0.3 is 90.0 Å². The molecule has 1 saturated carbocycles. The van der Waals surface area contributed by atoms with Crippen molar-refractivity contribution >= 4 is 83.8 Å². The minimum atomic E-state index is -1.90. The molecule has 36 nitrogen and oxygen atoms in total. The number of nitrogens with one attached hydrogen (secondary N) is 11. The zero-order valence-corrected chi connectivity index (χ0v) is 51.4. The van der Waals surface area contributed by atoms with Gasteiger partial charge in [0.25, 0.3) is 5.91 Å². The van der Waals surface area contributed by atoms with Crippen molar-refractivity contribution in [3.63, 3.8) is 0 Å². The van der Waals surface area contributed by atoms with E-state index in [9.17, 15) is 92.9 Å². The lowest BCUT2D eigenvalue weighted by Crippen LogP contribution is -3.29. The molecule has 4 aliphatic rings. The molecule has 36 heteroatoms. The Morgan fingerprint density at radius 1 is 0.670 bits per heavy atom. The predicted molar refractivity (Wildman–Crippen MR) is 313 cm³/mol. The molecule has 0 spiro atoms. The number of ether oxygens (including phenoxy) is 1. The van der Waals surface area contributed by atoms with Crippen LogP contribution >= 0.6 is 0 Å². The fraction of sp³-hybridized carbons (Fsp3) is 0.745. The summed E-state index contributed by atoms with van der Waals surface area (Å²) in [5, 5.41) is 77.9. The molecule has 0 aromatic carbocycles. The van der Waals surface area contributed by atoms with E-state index in [0.717, 1.165) is 0 Å². The summed E-state index contributed by atoms with van der Waals surface area (Å²) < 4.78 is 5.76. The van der Waals surface area contributed by atoms with E-state index in [1.165, 1.54) is 20.8 Å². The molecule has 4 fully saturated rings. The maximum absolute atomic E-state index is 14.6. The Bertz CT molecular complexity index is 2560. The molecule has 3 saturated heterocycles. The second kappa shape index (κ2) is 37.6. The number of cyclic esters (lactones) is 1. The number of carboxylic acids is 1. The monoisotopic (exact) mass is 1300 g/mol. The van der Waals surface area contributed by atoms with Crippen molar-refractivity contribution in [2.24, 2.45) is 23.1 Å². The lowest BCUT2D eigenvalue weighted by Gasteiger charge is -2.54. The first-order valence-electron chi connectivity index (χ1n) is 30.7. The van der Waals surface area contributed by atoms with Crippen molar-refractivity contribution in [1.29, 1.82) is 0 Å². The molecule has 512 valence electrons. The molecule has 0 aromatic rings. The number of amides is 12. The summed E-state index contributed by atoms with van der Waals surface area (Å²) in [7, 11) is 0. The second-order valence-electron chi connectivity index (χ2n) is 23.5. The van der Waals surface area contributed by atoms with Gasteiger partial charge in [0.15, 0.2) is 12.2 Å². The predicted octanol–water partition coefficient (Wildman–Crippen LogP) is -8.93. The van der Waals surface area contributed by atoms with Crippen molar-refractivity contribution in [1.82, 2.24) is 63.3 Å². The number of carbonyl (C=O) groups excluding carboxylic acids is 13. The smallest absolute Gasteiger partial charge is 0.328 e. The lowest BCUT2D eigenvalue weighted by atomic mass is 9.72. The van der Waals surface area contributed by atoms with Gasteiger partial charge in [0, 0.05) is 51.2 Å². The van der Waals surface area contributed by atoms with E-state index in [-0.39, 0.29) is 133 Å². The molecule has 0 radical (unpaired) electrons. The molecular formula is C55H93N16O20+. The normalized spacial score (nSPS) is 28.1. The van der Waals surface area contributed by atoms with E-state index in [2.05, 4.69) is 53.2 Å². The molecule has 91 heavy (non-hydrogen) atoms. The number of aliphatic hydroxyl groups excluding tert-OH is 2. The number of piperidine rings is 1. The van der Waals surface area contributed by atoms with E-state index < -0.39 is 181 Å². The Morgan fingerprint density at radius 2 is 1.23 bits per heavy atom. The zero-order valence-electron chi connectivity index (χ0n) is 51.4. The molecule has 0 aromatic heterocycles. The van der Waals surface area contributed by atoms with Crippen LogP contribution in [0.2, 0.25) is 0 Å². The summed E-state index contributed by atoms with van der Waals surface area (Å²) in [4.78, 5) is 187. The molecule has 12 amide bonds. The van der Waals surface area contributed by atoms with Gasteiger partial charge in [-0.25, -0.2) is 14.9 Å². The van der Waals surface area contributed by atoms with Gasteiger partial charge in [-0.15, -0.1) is 0 Å². The minimum absolute atomic E-state index is 0.0275. The number of nitrogens with zero attached hydrogens (tertiary/aromatic N) is 2. The number of esters is 1. The number of unbranched alkanes of at least 4 members (excludes halogenated alkanes) is 2. The fourth-order valence-corrected chi connectivity index (χ4v) is 11.6. The van der Waals surface area contributed by atoms with Crippen molar-refractivity contribution < 1.29 is 102 Å². The number of hydrogen-bond acceptors (Lipinski definition) is 22. The number of hydrogen-bond donors (Lipinski definition) is 19. The lowest BCUT2D eigenvalue weighted by molar-refractivity contribution is -0.983. The summed E-state index contributed by atoms with van der Waals surface area (Å²) in [5.41, 5.74) is 16.8. The number of nitrogens with two attached hydrogens (primary N) is 3. The highest BCUT2D eigenvalue weighted by Gasteiger charge is 2.56. The van der Waals surface area contributed by atoms with Gasteiger partial charge in [-0.1, -0.05) is 0 Å². The average Bonchev–Trinajstić information content (AvgIpc) is 0.756. The van der Waals surface area contributed by atoms with Crippen LogP contribution in [0.5, 0.6) is 0 Å². The third-order valence-corrected chi connectivity index (χ3v) is 16.5.